The van der Waals surface area contributed by atoms with Gasteiger partial charge in [-0.2, -0.15) is 4.98 Å². The molecule has 1 amide bonds. The number of halogens is 3. The lowest BCUT2D eigenvalue weighted by Gasteiger charge is -2.34. The number of hydrogen-bond donors (Lipinski definition) is 1. The molecule has 6 nitrogen and oxygen atoms in total. The van der Waals surface area contributed by atoms with Gasteiger partial charge in [0.25, 0.3) is 0 Å². The molecule has 31 heavy (non-hydrogen) atoms. The maximum absolute atomic E-state index is 13.8. The van der Waals surface area contributed by atoms with Gasteiger partial charge in [-0.15, -0.1) is 0 Å². The van der Waals surface area contributed by atoms with E-state index in [0.717, 1.165) is 25.0 Å². The minimum atomic E-state index is -0.826. The lowest BCUT2D eigenvalue weighted by Crippen LogP contribution is -2.46. The number of benzene rings is 2. The van der Waals surface area contributed by atoms with E-state index in [1.165, 1.54) is 18.2 Å². The van der Waals surface area contributed by atoms with Gasteiger partial charge in [-0.3, -0.25) is 9.69 Å². The second-order valence-electron chi connectivity index (χ2n) is 7.59. The fourth-order valence-electron chi connectivity index (χ4n) is 3.70. The highest BCUT2D eigenvalue weighted by molar-refractivity contribution is 5.94. The van der Waals surface area contributed by atoms with Crippen LogP contribution in [0, 0.1) is 17.5 Å². The average molecular weight is 430 g/mol. The molecule has 162 valence electrons. The van der Waals surface area contributed by atoms with Crippen molar-refractivity contribution >= 4 is 11.6 Å². The zero-order chi connectivity index (χ0) is 22.0. The summed E-state index contributed by atoms with van der Waals surface area (Å²) in [6.45, 7) is 2.91. The van der Waals surface area contributed by atoms with Gasteiger partial charge < -0.3 is 9.84 Å². The first-order valence-electron chi connectivity index (χ1n) is 10.00. The Hall–Kier alpha value is -3.20. The minimum Gasteiger partial charge on any atom is -0.339 e. The van der Waals surface area contributed by atoms with Crippen molar-refractivity contribution in [3.63, 3.8) is 0 Å². The molecule has 1 aliphatic rings. The van der Waals surface area contributed by atoms with Gasteiger partial charge in [-0.1, -0.05) is 17.3 Å². The molecule has 2 atom stereocenters. The van der Waals surface area contributed by atoms with Crippen molar-refractivity contribution in [3.05, 3.63) is 65.8 Å². The van der Waals surface area contributed by atoms with Gasteiger partial charge in [0.15, 0.2) is 0 Å². The third-order valence-corrected chi connectivity index (χ3v) is 5.44. The quantitative estimate of drug-likeness (QED) is 0.651. The second-order valence-corrected chi connectivity index (χ2v) is 7.59. The Morgan fingerprint density at radius 2 is 2.00 bits per heavy atom. The topological polar surface area (TPSA) is 71.3 Å². The molecule has 1 fully saturated rings. The first-order chi connectivity index (χ1) is 14.9. The Kier molecular flexibility index (Phi) is 6.03. The van der Waals surface area contributed by atoms with Crippen molar-refractivity contribution in [3.8, 4) is 11.4 Å². The van der Waals surface area contributed by atoms with Crippen molar-refractivity contribution < 1.29 is 22.5 Å². The van der Waals surface area contributed by atoms with Crippen LogP contribution in [0.4, 0.5) is 18.9 Å². The van der Waals surface area contributed by atoms with Gasteiger partial charge in [-0.25, -0.2) is 13.2 Å². The molecule has 0 aliphatic carbocycles. The predicted molar refractivity (Wildman–Crippen MR) is 108 cm³/mol. The normalized spacial score (nSPS) is 18.0. The summed E-state index contributed by atoms with van der Waals surface area (Å²) < 4.78 is 45.8. The standard InChI is InChI=1S/C22H21F3N4O2/c1-13(21(30)26-19-8-7-17(24)11-18(19)25)29-9-3-5-15(12-29)22-27-20(28-31-22)14-4-2-6-16(23)10-14/h2,4,6-8,10-11,13,15H,3,5,9,12H2,1H3,(H,26,30). The fraction of sp³-hybridized carbons (Fsp3) is 0.318. The van der Waals surface area contributed by atoms with E-state index in [0.29, 0.717) is 30.4 Å². The van der Waals surface area contributed by atoms with Crippen LogP contribution in [0.5, 0.6) is 0 Å². The second kappa shape index (κ2) is 8.89. The molecule has 0 saturated carbocycles. The number of nitrogens with zero attached hydrogens (tertiary/aromatic N) is 3. The first kappa shape index (κ1) is 21.0. The number of piperidine rings is 1. The van der Waals surface area contributed by atoms with E-state index in [9.17, 15) is 18.0 Å². The van der Waals surface area contributed by atoms with E-state index >= 15 is 0 Å². The molecule has 9 heteroatoms. The third kappa shape index (κ3) is 4.77. The summed E-state index contributed by atoms with van der Waals surface area (Å²) >= 11 is 0. The molecular weight excluding hydrogens is 409 g/mol. The third-order valence-electron chi connectivity index (χ3n) is 5.44. The number of likely N-dealkylation sites (tertiary alicyclic amines) is 1. The zero-order valence-corrected chi connectivity index (χ0v) is 16.8. The Bertz CT molecular complexity index is 1090. The molecule has 1 aromatic heterocycles. The molecule has 1 saturated heterocycles. The van der Waals surface area contributed by atoms with Crippen molar-refractivity contribution in [2.24, 2.45) is 0 Å². The zero-order valence-electron chi connectivity index (χ0n) is 16.8. The number of hydrogen-bond acceptors (Lipinski definition) is 5. The van der Waals surface area contributed by atoms with Crippen LogP contribution in [0.15, 0.2) is 47.0 Å². The number of anilines is 1. The SMILES string of the molecule is CC(C(=O)Nc1ccc(F)cc1F)N1CCCC(c2nc(-c3cccc(F)c3)no2)C1. The lowest BCUT2D eigenvalue weighted by atomic mass is 9.96. The van der Waals surface area contributed by atoms with E-state index in [-0.39, 0.29) is 17.4 Å². The lowest BCUT2D eigenvalue weighted by molar-refractivity contribution is -0.121. The van der Waals surface area contributed by atoms with Crippen LogP contribution in [-0.4, -0.2) is 40.1 Å². The number of aromatic nitrogens is 2. The van der Waals surface area contributed by atoms with Crippen LogP contribution in [0.2, 0.25) is 0 Å². The molecule has 0 bridgehead atoms. The van der Waals surface area contributed by atoms with Crippen LogP contribution in [0.3, 0.4) is 0 Å². The Morgan fingerprint density at radius 1 is 1.19 bits per heavy atom. The summed E-state index contributed by atoms with van der Waals surface area (Å²) in [7, 11) is 0. The van der Waals surface area contributed by atoms with E-state index in [2.05, 4.69) is 15.5 Å². The Morgan fingerprint density at radius 3 is 2.77 bits per heavy atom. The number of nitrogens with one attached hydrogen (secondary N) is 1. The first-order valence-corrected chi connectivity index (χ1v) is 10.00. The fourth-order valence-corrected chi connectivity index (χ4v) is 3.70. The van der Waals surface area contributed by atoms with E-state index < -0.39 is 23.6 Å². The van der Waals surface area contributed by atoms with Crippen LogP contribution in [-0.2, 0) is 4.79 Å². The van der Waals surface area contributed by atoms with E-state index in [1.54, 1.807) is 19.1 Å². The van der Waals surface area contributed by atoms with Gasteiger partial charge in [0, 0.05) is 18.2 Å². The summed E-state index contributed by atoms with van der Waals surface area (Å²) in [4.78, 5) is 19.0. The number of amides is 1. The molecule has 1 N–H and O–H groups in total. The molecule has 2 aromatic carbocycles. The van der Waals surface area contributed by atoms with Crippen molar-refractivity contribution in [2.75, 3.05) is 18.4 Å². The smallest absolute Gasteiger partial charge is 0.241 e. The van der Waals surface area contributed by atoms with Crippen LogP contribution in [0.1, 0.15) is 31.6 Å². The molecule has 2 heterocycles. The molecule has 0 radical (unpaired) electrons. The summed E-state index contributed by atoms with van der Waals surface area (Å²) in [6, 6.07) is 8.42. The van der Waals surface area contributed by atoms with Gasteiger partial charge >= 0.3 is 0 Å². The van der Waals surface area contributed by atoms with Crippen LogP contribution >= 0.6 is 0 Å². The maximum atomic E-state index is 13.8. The summed E-state index contributed by atoms with van der Waals surface area (Å²) in [5.74, 6) is -1.65. The summed E-state index contributed by atoms with van der Waals surface area (Å²) in [5, 5.41) is 6.47. The van der Waals surface area contributed by atoms with Gasteiger partial charge in [-0.05, 0) is 50.6 Å². The highest BCUT2D eigenvalue weighted by Crippen LogP contribution is 2.29. The van der Waals surface area contributed by atoms with Crippen molar-refractivity contribution in [1.29, 1.82) is 0 Å². The summed E-state index contributed by atoms with van der Waals surface area (Å²) in [6.07, 6.45) is 1.62. The van der Waals surface area contributed by atoms with E-state index in [4.69, 9.17) is 4.52 Å². The molecule has 3 aromatic rings. The largest absolute Gasteiger partial charge is 0.339 e. The van der Waals surface area contributed by atoms with Gasteiger partial charge in [0.2, 0.25) is 17.6 Å². The minimum absolute atomic E-state index is 0.0663. The Labute approximate surface area is 177 Å². The highest BCUT2D eigenvalue weighted by Gasteiger charge is 2.31. The van der Waals surface area contributed by atoms with Crippen molar-refractivity contribution in [2.45, 2.75) is 31.7 Å². The number of rotatable bonds is 5. The number of carbonyl (C=O) groups excluding carboxylic acids is 1. The van der Waals surface area contributed by atoms with E-state index in [1.807, 2.05) is 4.90 Å². The maximum Gasteiger partial charge on any atom is 0.241 e. The van der Waals surface area contributed by atoms with Gasteiger partial charge in [0.1, 0.15) is 17.5 Å². The van der Waals surface area contributed by atoms with Crippen LogP contribution < -0.4 is 5.32 Å². The average Bonchev–Trinajstić information content (AvgIpc) is 3.26. The monoisotopic (exact) mass is 430 g/mol. The molecular formula is C22H21F3N4O2. The number of carbonyl (C=O) groups is 1. The van der Waals surface area contributed by atoms with Crippen molar-refractivity contribution in [1.82, 2.24) is 15.0 Å². The van der Waals surface area contributed by atoms with Crippen LogP contribution in [0.25, 0.3) is 11.4 Å². The Balaban J connectivity index is 1.43. The summed E-state index contributed by atoms with van der Waals surface area (Å²) in [5.41, 5.74) is 0.459. The van der Waals surface area contributed by atoms with Gasteiger partial charge in [0.05, 0.1) is 17.6 Å². The highest BCUT2D eigenvalue weighted by atomic mass is 19.1. The predicted octanol–water partition coefficient (Wildman–Crippen LogP) is 4.36. The molecule has 2 unspecified atom stereocenters. The molecule has 0 spiro atoms. The molecule has 4 rings (SSSR count). The molecule has 1 aliphatic heterocycles.